The summed E-state index contributed by atoms with van der Waals surface area (Å²) in [6.07, 6.45) is 1.93. The molecule has 2 N–H and O–H groups in total. The maximum absolute atomic E-state index is 11.2. The predicted molar refractivity (Wildman–Crippen MR) is 115 cm³/mol. The van der Waals surface area contributed by atoms with Crippen LogP contribution in [0.1, 0.15) is 32.8 Å². The molecule has 0 amide bonds. The maximum atomic E-state index is 11.2. The van der Waals surface area contributed by atoms with Gasteiger partial charge >= 0.3 is 0 Å². The highest BCUT2D eigenvalue weighted by Gasteiger charge is 2.09. The number of halogens is 1. The molecule has 6 nitrogen and oxygen atoms in total. The molecule has 0 radical (unpaired) electrons. The zero-order valence-electron chi connectivity index (χ0n) is 15.6. The van der Waals surface area contributed by atoms with Gasteiger partial charge in [-0.25, -0.2) is 8.42 Å². The highest BCUT2D eigenvalue weighted by atomic mass is 127. The number of hydrogen-bond acceptors (Lipinski definition) is 4. The molecule has 1 atom stereocenters. The van der Waals surface area contributed by atoms with Gasteiger partial charge in [-0.2, -0.15) is 0 Å². The Labute approximate surface area is 168 Å². The van der Waals surface area contributed by atoms with Crippen LogP contribution in [-0.4, -0.2) is 45.6 Å². The van der Waals surface area contributed by atoms with Crippen molar-refractivity contribution in [2.75, 3.05) is 19.1 Å². The second-order valence-electron chi connectivity index (χ2n) is 6.20. The van der Waals surface area contributed by atoms with Crippen molar-refractivity contribution in [3.8, 4) is 5.75 Å². The number of aliphatic imine (C=N–C) groups is 1. The fourth-order valence-corrected chi connectivity index (χ4v) is 2.86. The highest BCUT2D eigenvalue weighted by Crippen LogP contribution is 2.14. The normalized spacial score (nSPS) is 13.1. The lowest BCUT2D eigenvalue weighted by Gasteiger charge is -2.18. The molecule has 0 saturated heterocycles. The van der Waals surface area contributed by atoms with E-state index >= 15 is 0 Å². The van der Waals surface area contributed by atoms with Crippen molar-refractivity contribution in [1.29, 1.82) is 0 Å². The van der Waals surface area contributed by atoms with E-state index in [0.29, 0.717) is 18.9 Å². The average molecular weight is 483 g/mol. The fourth-order valence-electron chi connectivity index (χ4n) is 2.08. The third-order valence-electron chi connectivity index (χ3n) is 3.26. The second-order valence-corrected chi connectivity index (χ2v) is 8.46. The van der Waals surface area contributed by atoms with Crippen LogP contribution in [0.3, 0.4) is 0 Å². The van der Waals surface area contributed by atoms with Crippen LogP contribution in [0.15, 0.2) is 29.3 Å². The van der Waals surface area contributed by atoms with Gasteiger partial charge in [0.15, 0.2) is 5.96 Å². The van der Waals surface area contributed by atoms with Gasteiger partial charge in [0.05, 0.1) is 11.9 Å². The van der Waals surface area contributed by atoms with E-state index in [1.165, 1.54) is 6.26 Å². The van der Waals surface area contributed by atoms with Crippen molar-refractivity contribution in [1.82, 2.24) is 10.6 Å². The Balaban J connectivity index is 0.00000576. The van der Waals surface area contributed by atoms with E-state index in [4.69, 9.17) is 4.74 Å². The first-order valence-corrected chi connectivity index (χ1v) is 10.2. The predicted octanol–water partition coefficient (Wildman–Crippen LogP) is 2.58. The monoisotopic (exact) mass is 483 g/mol. The Hall–Kier alpha value is -1.03. The molecule has 1 aromatic rings. The van der Waals surface area contributed by atoms with Crippen LogP contribution < -0.4 is 15.4 Å². The Morgan fingerprint density at radius 3 is 2.52 bits per heavy atom. The van der Waals surface area contributed by atoms with Crippen LogP contribution in [0.5, 0.6) is 5.75 Å². The largest absolute Gasteiger partial charge is 0.491 e. The minimum Gasteiger partial charge on any atom is -0.491 e. The molecule has 25 heavy (non-hydrogen) atoms. The topological polar surface area (TPSA) is 79.8 Å². The number of nitrogens with one attached hydrogen (secondary N) is 2. The quantitative estimate of drug-likeness (QED) is 0.338. The first-order chi connectivity index (χ1) is 11.2. The zero-order chi connectivity index (χ0) is 18.2. The molecule has 0 aliphatic carbocycles. The summed E-state index contributed by atoms with van der Waals surface area (Å²) in [5.41, 5.74) is 1.08. The summed E-state index contributed by atoms with van der Waals surface area (Å²) in [6, 6.07) is 7.92. The van der Waals surface area contributed by atoms with Gasteiger partial charge in [0.2, 0.25) is 0 Å². The molecule has 1 aromatic carbocycles. The van der Waals surface area contributed by atoms with Crippen molar-refractivity contribution >= 4 is 39.8 Å². The number of guanidine groups is 1. The van der Waals surface area contributed by atoms with Crippen molar-refractivity contribution in [3.05, 3.63) is 29.8 Å². The summed E-state index contributed by atoms with van der Waals surface area (Å²) in [4.78, 5) is 4.17. The number of hydrogen-bond donors (Lipinski definition) is 2. The van der Waals surface area contributed by atoms with E-state index in [2.05, 4.69) is 15.6 Å². The summed E-state index contributed by atoms with van der Waals surface area (Å²) in [6.45, 7) is 6.53. The summed E-state index contributed by atoms with van der Waals surface area (Å²) < 4.78 is 28.1. The molecule has 0 bridgehead atoms. The van der Waals surface area contributed by atoms with Gasteiger partial charge in [0.25, 0.3) is 0 Å². The molecule has 8 heteroatoms. The third-order valence-corrected chi connectivity index (χ3v) is 4.24. The third kappa shape index (κ3) is 11.2. The molecular weight excluding hydrogens is 453 g/mol. The lowest BCUT2D eigenvalue weighted by Crippen LogP contribution is -2.42. The smallest absolute Gasteiger partial charge is 0.191 e. The van der Waals surface area contributed by atoms with Gasteiger partial charge in [0, 0.05) is 25.9 Å². The van der Waals surface area contributed by atoms with E-state index in [0.717, 1.165) is 11.3 Å². The summed E-state index contributed by atoms with van der Waals surface area (Å²) in [5, 5.41) is 6.43. The van der Waals surface area contributed by atoms with Crippen molar-refractivity contribution < 1.29 is 13.2 Å². The molecule has 0 spiro atoms. The van der Waals surface area contributed by atoms with Crippen molar-refractivity contribution in [3.63, 3.8) is 0 Å². The first kappa shape index (κ1) is 24.0. The molecule has 0 saturated carbocycles. The SMILES string of the molecule is CN=C(NCc1cccc(OC(C)C)c1)NC(C)CCS(C)(=O)=O.I. The Kier molecular flexibility index (Phi) is 11.1. The maximum Gasteiger partial charge on any atom is 0.191 e. The Morgan fingerprint density at radius 1 is 1.28 bits per heavy atom. The summed E-state index contributed by atoms with van der Waals surface area (Å²) >= 11 is 0. The number of ether oxygens (including phenoxy) is 1. The molecule has 0 fully saturated rings. The molecule has 0 aromatic heterocycles. The average Bonchev–Trinajstić information content (AvgIpc) is 2.48. The molecule has 1 rings (SSSR count). The van der Waals surface area contributed by atoms with Gasteiger partial charge in [-0.3, -0.25) is 4.99 Å². The van der Waals surface area contributed by atoms with Crippen LogP contribution in [0.25, 0.3) is 0 Å². The number of benzene rings is 1. The molecule has 144 valence electrons. The fraction of sp³-hybridized carbons (Fsp3) is 0.588. The lowest BCUT2D eigenvalue weighted by atomic mass is 10.2. The minimum absolute atomic E-state index is 0. The molecular formula is C17H30IN3O3S. The van der Waals surface area contributed by atoms with Crippen LogP contribution in [0, 0.1) is 0 Å². The molecule has 0 aliphatic rings. The summed E-state index contributed by atoms with van der Waals surface area (Å²) in [5.74, 6) is 1.65. The highest BCUT2D eigenvalue weighted by molar-refractivity contribution is 14.0. The number of nitrogens with zero attached hydrogens (tertiary/aromatic N) is 1. The van der Waals surface area contributed by atoms with Gasteiger partial charge in [0.1, 0.15) is 15.6 Å². The van der Waals surface area contributed by atoms with E-state index < -0.39 is 9.84 Å². The molecule has 1 unspecified atom stereocenters. The second kappa shape index (κ2) is 11.6. The molecule has 0 heterocycles. The van der Waals surface area contributed by atoms with Crippen molar-refractivity contribution in [2.45, 2.75) is 45.9 Å². The van der Waals surface area contributed by atoms with E-state index in [1.807, 2.05) is 45.0 Å². The van der Waals surface area contributed by atoms with Crippen LogP contribution in [-0.2, 0) is 16.4 Å². The zero-order valence-corrected chi connectivity index (χ0v) is 18.7. The van der Waals surface area contributed by atoms with Gasteiger partial charge in [-0.15, -0.1) is 24.0 Å². The van der Waals surface area contributed by atoms with E-state index in [-0.39, 0.29) is 41.9 Å². The first-order valence-electron chi connectivity index (χ1n) is 8.10. The van der Waals surface area contributed by atoms with Crippen LogP contribution in [0.2, 0.25) is 0 Å². The van der Waals surface area contributed by atoms with E-state index in [9.17, 15) is 8.42 Å². The van der Waals surface area contributed by atoms with Gasteiger partial charge in [-0.1, -0.05) is 12.1 Å². The van der Waals surface area contributed by atoms with Gasteiger partial charge < -0.3 is 15.4 Å². The van der Waals surface area contributed by atoms with Crippen LogP contribution in [0.4, 0.5) is 0 Å². The lowest BCUT2D eigenvalue weighted by molar-refractivity contribution is 0.242. The van der Waals surface area contributed by atoms with E-state index in [1.54, 1.807) is 7.05 Å². The minimum atomic E-state index is -2.95. The van der Waals surface area contributed by atoms with Crippen molar-refractivity contribution in [2.24, 2.45) is 4.99 Å². The molecule has 0 aliphatic heterocycles. The van der Waals surface area contributed by atoms with Gasteiger partial charge in [-0.05, 0) is 44.9 Å². The Morgan fingerprint density at radius 2 is 1.96 bits per heavy atom. The van der Waals surface area contributed by atoms with Crippen LogP contribution >= 0.6 is 24.0 Å². The summed E-state index contributed by atoms with van der Waals surface area (Å²) in [7, 11) is -1.25. The standard InChI is InChI=1S/C17H29N3O3S.HI/c1-13(2)23-16-8-6-7-15(11-16)12-19-17(18-4)20-14(3)9-10-24(5,21)22;/h6-8,11,13-14H,9-10,12H2,1-5H3,(H2,18,19,20);1H. The number of rotatable bonds is 8. The number of sulfone groups is 1. The Bertz CT molecular complexity index is 648.